The van der Waals surface area contributed by atoms with Gasteiger partial charge in [0, 0.05) is 12.6 Å². The van der Waals surface area contributed by atoms with Crippen molar-refractivity contribution >= 4 is 0 Å². The zero-order chi connectivity index (χ0) is 19.3. The molecule has 0 aromatic heterocycles. The van der Waals surface area contributed by atoms with Crippen LogP contribution in [0.3, 0.4) is 0 Å². The summed E-state index contributed by atoms with van der Waals surface area (Å²) >= 11 is 0. The molecule has 27 heavy (non-hydrogen) atoms. The highest BCUT2D eigenvalue weighted by Crippen LogP contribution is 2.37. The standard InChI is InChI=1S/C17H33F3N6O/c1-2-27-16-25-14(22-12-7-5-6-11(10-12)17(18,19)20)24-15(26-16)23-13-8-3-4-9-21-13/h11-16,21-26H,2-10H2,1H3. The summed E-state index contributed by atoms with van der Waals surface area (Å²) in [7, 11) is 0. The Kier molecular flexibility index (Phi) is 7.72. The molecular weight excluding hydrogens is 361 g/mol. The normalized spacial score (nSPS) is 38.7. The van der Waals surface area contributed by atoms with Gasteiger partial charge >= 0.3 is 6.18 Å². The molecule has 3 rings (SSSR count). The van der Waals surface area contributed by atoms with Gasteiger partial charge in [0.25, 0.3) is 0 Å². The molecule has 1 aliphatic carbocycles. The summed E-state index contributed by atoms with van der Waals surface area (Å²) in [6.45, 7) is 3.43. The average Bonchev–Trinajstić information content (AvgIpc) is 2.62. The van der Waals surface area contributed by atoms with Crippen LogP contribution >= 0.6 is 0 Å². The van der Waals surface area contributed by atoms with E-state index >= 15 is 0 Å². The van der Waals surface area contributed by atoms with Crippen LogP contribution in [-0.4, -0.2) is 50.5 Å². The second-order valence-electron chi connectivity index (χ2n) is 7.64. The van der Waals surface area contributed by atoms with Crippen LogP contribution in [0.5, 0.6) is 0 Å². The molecule has 0 aromatic carbocycles. The van der Waals surface area contributed by atoms with Gasteiger partial charge in [-0.1, -0.05) is 6.42 Å². The summed E-state index contributed by atoms with van der Waals surface area (Å²) in [4.78, 5) is 0. The highest BCUT2D eigenvalue weighted by atomic mass is 19.4. The fourth-order valence-electron chi connectivity index (χ4n) is 4.14. The molecule has 0 radical (unpaired) electrons. The minimum atomic E-state index is -4.11. The van der Waals surface area contributed by atoms with Gasteiger partial charge in [0.1, 0.15) is 12.6 Å². The monoisotopic (exact) mass is 394 g/mol. The summed E-state index contributed by atoms with van der Waals surface area (Å²) in [5.41, 5.74) is 0. The van der Waals surface area contributed by atoms with E-state index in [1.54, 1.807) is 0 Å². The second kappa shape index (κ2) is 9.82. The number of nitrogens with one attached hydrogen (secondary N) is 6. The highest BCUT2D eigenvalue weighted by molar-refractivity contribution is 4.86. The molecule has 0 bridgehead atoms. The number of ether oxygens (including phenoxy) is 1. The van der Waals surface area contributed by atoms with Crippen molar-refractivity contribution in [1.82, 2.24) is 31.9 Å². The van der Waals surface area contributed by atoms with Crippen LogP contribution < -0.4 is 31.9 Å². The Morgan fingerprint density at radius 2 is 1.74 bits per heavy atom. The number of hydrogen-bond acceptors (Lipinski definition) is 7. The van der Waals surface area contributed by atoms with Crippen LogP contribution in [0.1, 0.15) is 51.9 Å². The molecule has 0 amide bonds. The lowest BCUT2D eigenvalue weighted by molar-refractivity contribution is -0.184. The molecule has 3 aliphatic rings. The lowest BCUT2D eigenvalue weighted by atomic mass is 9.85. The minimum absolute atomic E-state index is 0.123. The third-order valence-electron chi connectivity index (χ3n) is 5.52. The third kappa shape index (κ3) is 6.52. The molecule has 158 valence electrons. The SMILES string of the molecule is CCOC1NC(NC2CCCC(C(F)(F)F)C2)NC(NC2CCCCN2)N1. The molecule has 10 heteroatoms. The van der Waals surface area contributed by atoms with Crippen LogP contribution in [0.25, 0.3) is 0 Å². The predicted molar refractivity (Wildman–Crippen MR) is 96.1 cm³/mol. The molecule has 6 unspecified atom stereocenters. The predicted octanol–water partition coefficient (Wildman–Crippen LogP) is 1.06. The Morgan fingerprint density at radius 3 is 2.41 bits per heavy atom. The molecule has 6 atom stereocenters. The van der Waals surface area contributed by atoms with Gasteiger partial charge in [-0.05, 0) is 52.0 Å². The van der Waals surface area contributed by atoms with Crippen LogP contribution in [0.4, 0.5) is 13.2 Å². The number of hydrogen-bond donors (Lipinski definition) is 6. The van der Waals surface area contributed by atoms with Gasteiger partial charge in [0.05, 0.1) is 12.1 Å². The lowest BCUT2D eigenvalue weighted by Gasteiger charge is -2.43. The van der Waals surface area contributed by atoms with Crippen molar-refractivity contribution in [2.75, 3.05) is 13.2 Å². The van der Waals surface area contributed by atoms with E-state index in [9.17, 15) is 13.2 Å². The van der Waals surface area contributed by atoms with E-state index in [1.165, 1.54) is 12.8 Å². The smallest absolute Gasteiger partial charge is 0.350 e. The Morgan fingerprint density at radius 1 is 0.963 bits per heavy atom. The lowest BCUT2D eigenvalue weighted by Crippen LogP contribution is -2.77. The van der Waals surface area contributed by atoms with Crippen molar-refractivity contribution in [3.05, 3.63) is 0 Å². The molecule has 0 aromatic rings. The van der Waals surface area contributed by atoms with Gasteiger partial charge in [-0.25, -0.2) is 0 Å². The van der Waals surface area contributed by atoms with E-state index in [1.807, 2.05) is 6.92 Å². The van der Waals surface area contributed by atoms with E-state index < -0.39 is 12.1 Å². The van der Waals surface area contributed by atoms with Crippen LogP contribution in [0.2, 0.25) is 0 Å². The molecule has 2 heterocycles. The van der Waals surface area contributed by atoms with Gasteiger partial charge in [-0.2, -0.15) is 13.2 Å². The molecule has 2 aliphatic heterocycles. The Bertz CT molecular complexity index is 449. The van der Waals surface area contributed by atoms with Gasteiger partial charge in [0.2, 0.25) is 0 Å². The zero-order valence-electron chi connectivity index (χ0n) is 15.9. The first-order valence-electron chi connectivity index (χ1n) is 10.2. The topological polar surface area (TPSA) is 81.4 Å². The number of halogens is 3. The first-order valence-corrected chi connectivity index (χ1v) is 10.2. The summed E-state index contributed by atoms with van der Waals surface area (Å²) in [6.07, 6.45) is 0.264. The van der Waals surface area contributed by atoms with E-state index in [0.29, 0.717) is 13.0 Å². The second-order valence-corrected chi connectivity index (χ2v) is 7.64. The highest BCUT2D eigenvalue weighted by Gasteiger charge is 2.42. The summed E-state index contributed by atoms with van der Waals surface area (Å²) < 4.78 is 44.9. The molecule has 6 N–H and O–H groups in total. The maximum absolute atomic E-state index is 13.1. The van der Waals surface area contributed by atoms with Crippen molar-refractivity contribution in [3.63, 3.8) is 0 Å². The molecule has 2 saturated heterocycles. The van der Waals surface area contributed by atoms with Gasteiger partial charge < -0.3 is 10.1 Å². The fraction of sp³-hybridized carbons (Fsp3) is 1.00. The fourth-order valence-corrected chi connectivity index (χ4v) is 4.14. The molecule has 3 fully saturated rings. The summed E-state index contributed by atoms with van der Waals surface area (Å²) in [5.74, 6) is -1.21. The van der Waals surface area contributed by atoms with Crippen molar-refractivity contribution in [2.45, 2.75) is 89.2 Å². The molecule has 0 spiro atoms. The van der Waals surface area contributed by atoms with Gasteiger partial charge in [-0.3, -0.25) is 26.6 Å². The maximum Gasteiger partial charge on any atom is 0.391 e. The van der Waals surface area contributed by atoms with E-state index in [-0.39, 0.29) is 44.0 Å². The molecule has 1 saturated carbocycles. The summed E-state index contributed by atoms with van der Waals surface area (Å²) in [6, 6.07) is -0.177. The van der Waals surface area contributed by atoms with Crippen molar-refractivity contribution in [2.24, 2.45) is 5.92 Å². The quantitative estimate of drug-likeness (QED) is 0.402. The number of alkyl halides is 3. The van der Waals surface area contributed by atoms with E-state index in [2.05, 4.69) is 31.9 Å². The van der Waals surface area contributed by atoms with Crippen molar-refractivity contribution in [3.8, 4) is 0 Å². The number of piperidine rings is 1. The zero-order valence-corrected chi connectivity index (χ0v) is 15.9. The maximum atomic E-state index is 13.1. The van der Waals surface area contributed by atoms with Crippen LogP contribution in [0, 0.1) is 5.92 Å². The van der Waals surface area contributed by atoms with Crippen molar-refractivity contribution < 1.29 is 17.9 Å². The van der Waals surface area contributed by atoms with Crippen molar-refractivity contribution in [1.29, 1.82) is 0 Å². The first kappa shape index (κ1) is 21.2. The minimum Gasteiger partial charge on any atom is -0.350 e. The van der Waals surface area contributed by atoms with Gasteiger partial charge in [0.15, 0.2) is 6.35 Å². The number of rotatable bonds is 6. The molecular formula is C17H33F3N6O. The van der Waals surface area contributed by atoms with E-state index in [0.717, 1.165) is 19.4 Å². The van der Waals surface area contributed by atoms with Gasteiger partial charge in [-0.15, -0.1) is 0 Å². The summed E-state index contributed by atoms with van der Waals surface area (Å²) in [5, 5.41) is 20.1. The average molecular weight is 394 g/mol. The van der Waals surface area contributed by atoms with E-state index in [4.69, 9.17) is 4.74 Å². The van der Waals surface area contributed by atoms with Crippen LogP contribution in [-0.2, 0) is 4.74 Å². The Balaban J connectivity index is 1.54. The third-order valence-corrected chi connectivity index (χ3v) is 5.52. The Hall–Kier alpha value is -0.490. The Labute approximate surface area is 158 Å². The molecule has 7 nitrogen and oxygen atoms in total. The largest absolute Gasteiger partial charge is 0.391 e. The first-order chi connectivity index (χ1) is 12.9. The van der Waals surface area contributed by atoms with Crippen LogP contribution in [0.15, 0.2) is 0 Å².